The van der Waals surface area contributed by atoms with E-state index in [0.29, 0.717) is 6.04 Å². The summed E-state index contributed by atoms with van der Waals surface area (Å²) in [7, 11) is 0. The van der Waals surface area contributed by atoms with Crippen LogP contribution in [0.15, 0.2) is 22.7 Å². The van der Waals surface area contributed by atoms with E-state index in [4.69, 9.17) is 17.3 Å². The lowest BCUT2D eigenvalue weighted by Gasteiger charge is -2.23. The smallest absolute Gasteiger partial charge is 0.0462 e. The highest BCUT2D eigenvalue weighted by molar-refractivity contribution is 9.10. The minimum absolute atomic E-state index is 0.528. The molecule has 0 aliphatic carbocycles. The van der Waals surface area contributed by atoms with Crippen LogP contribution in [-0.4, -0.2) is 24.0 Å². The number of benzene rings is 1. The van der Waals surface area contributed by atoms with Crippen LogP contribution in [0.1, 0.15) is 18.4 Å². The van der Waals surface area contributed by atoms with Gasteiger partial charge in [-0.3, -0.25) is 4.90 Å². The van der Waals surface area contributed by atoms with Gasteiger partial charge in [-0.15, -0.1) is 0 Å². The van der Waals surface area contributed by atoms with E-state index >= 15 is 0 Å². The quantitative estimate of drug-likeness (QED) is 0.930. The van der Waals surface area contributed by atoms with E-state index in [1.54, 1.807) is 0 Å². The highest BCUT2D eigenvalue weighted by Gasteiger charge is 2.23. The molecule has 0 bridgehead atoms. The highest BCUT2D eigenvalue weighted by atomic mass is 79.9. The third kappa shape index (κ3) is 2.77. The third-order valence-corrected chi connectivity index (χ3v) is 4.00. The maximum absolute atomic E-state index is 6.21. The van der Waals surface area contributed by atoms with E-state index in [9.17, 15) is 0 Å². The van der Waals surface area contributed by atoms with Crippen molar-refractivity contribution in [3.8, 4) is 0 Å². The lowest BCUT2D eigenvalue weighted by atomic mass is 10.2. The van der Waals surface area contributed by atoms with Crippen LogP contribution in [0, 0.1) is 0 Å². The van der Waals surface area contributed by atoms with Gasteiger partial charge in [-0.05, 0) is 37.1 Å². The number of hydrogen-bond donors (Lipinski definition) is 1. The zero-order valence-electron chi connectivity index (χ0n) is 9.13. The Kier molecular flexibility index (Phi) is 4.25. The molecule has 1 atom stereocenters. The Hall–Kier alpha value is -0.0900. The Bertz CT molecular complexity index is 370. The molecule has 4 heteroatoms. The predicted octanol–water partition coefficient (Wildman–Crippen LogP) is 3.03. The molecule has 0 radical (unpaired) electrons. The molecule has 1 aromatic rings. The van der Waals surface area contributed by atoms with Gasteiger partial charge in [0.1, 0.15) is 0 Å². The van der Waals surface area contributed by atoms with Gasteiger partial charge in [-0.2, -0.15) is 0 Å². The minimum atomic E-state index is 0.528. The first-order valence-electron chi connectivity index (χ1n) is 5.58. The normalized spacial score (nSPS) is 21.6. The molecule has 1 unspecified atom stereocenters. The summed E-state index contributed by atoms with van der Waals surface area (Å²) in [5.74, 6) is 0. The van der Waals surface area contributed by atoms with Crippen LogP contribution in [0.2, 0.25) is 5.02 Å². The summed E-state index contributed by atoms with van der Waals surface area (Å²) >= 11 is 9.63. The van der Waals surface area contributed by atoms with Crippen molar-refractivity contribution in [3.63, 3.8) is 0 Å². The van der Waals surface area contributed by atoms with Crippen molar-refractivity contribution in [2.75, 3.05) is 13.1 Å². The fourth-order valence-corrected chi connectivity index (χ4v) is 2.97. The fourth-order valence-electron chi connectivity index (χ4n) is 2.24. The van der Waals surface area contributed by atoms with Crippen molar-refractivity contribution in [2.45, 2.75) is 25.4 Å². The van der Waals surface area contributed by atoms with E-state index in [0.717, 1.165) is 29.1 Å². The molecule has 16 heavy (non-hydrogen) atoms. The Morgan fingerprint density at radius 2 is 2.31 bits per heavy atom. The predicted molar refractivity (Wildman–Crippen MR) is 71.6 cm³/mol. The van der Waals surface area contributed by atoms with Gasteiger partial charge in [0, 0.05) is 28.6 Å². The van der Waals surface area contributed by atoms with Gasteiger partial charge in [0.25, 0.3) is 0 Å². The average Bonchev–Trinajstić information content (AvgIpc) is 2.69. The van der Waals surface area contributed by atoms with Crippen LogP contribution in [-0.2, 0) is 6.54 Å². The van der Waals surface area contributed by atoms with E-state index in [-0.39, 0.29) is 0 Å². The standard InChI is InChI=1S/C12H16BrClN2/c13-10-4-3-9(12(14)6-10)8-16-5-1-2-11(16)7-15/h3-4,6,11H,1-2,5,7-8,15H2. The molecule has 2 N–H and O–H groups in total. The van der Waals surface area contributed by atoms with Crippen LogP contribution >= 0.6 is 27.5 Å². The number of likely N-dealkylation sites (tertiary alicyclic amines) is 1. The number of hydrogen-bond acceptors (Lipinski definition) is 2. The first kappa shape index (κ1) is 12.4. The van der Waals surface area contributed by atoms with Crippen molar-refractivity contribution in [1.82, 2.24) is 4.90 Å². The Balaban J connectivity index is 2.08. The molecule has 0 saturated carbocycles. The molecule has 1 aliphatic rings. The molecule has 1 aromatic carbocycles. The van der Waals surface area contributed by atoms with Crippen LogP contribution in [0.4, 0.5) is 0 Å². The van der Waals surface area contributed by atoms with Gasteiger partial charge >= 0.3 is 0 Å². The second-order valence-corrected chi connectivity index (χ2v) is 5.56. The van der Waals surface area contributed by atoms with Gasteiger partial charge in [0.05, 0.1) is 0 Å². The average molecular weight is 304 g/mol. The second kappa shape index (κ2) is 5.50. The highest BCUT2D eigenvalue weighted by Crippen LogP contribution is 2.25. The molecule has 1 heterocycles. The number of rotatable bonds is 3. The van der Waals surface area contributed by atoms with E-state index in [1.165, 1.54) is 18.4 Å². The first-order valence-corrected chi connectivity index (χ1v) is 6.76. The largest absolute Gasteiger partial charge is 0.329 e. The zero-order valence-corrected chi connectivity index (χ0v) is 11.5. The first-order chi connectivity index (χ1) is 7.70. The van der Waals surface area contributed by atoms with Crippen molar-refractivity contribution in [3.05, 3.63) is 33.3 Å². The Labute approximate surface area is 110 Å². The Morgan fingerprint density at radius 3 is 3.00 bits per heavy atom. The minimum Gasteiger partial charge on any atom is -0.329 e. The van der Waals surface area contributed by atoms with E-state index in [2.05, 4.69) is 26.9 Å². The maximum Gasteiger partial charge on any atom is 0.0462 e. The Morgan fingerprint density at radius 1 is 1.50 bits per heavy atom. The van der Waals surface area contributed by atoms with Crippen LogP contribution < -0.4 is 5.73 Å². The monoisotopic (exact) mass is 302 g/mol. The second-order valence-electron chi connectivity index (χ2n) is 4.24. The summed E-state index contributed by atoms with van der Waals surface area (Å²) in [4.78, 5) is 2.43. The molecule has 1 aliphatic heterocycles. The van der Waals surface area contributed by atoms with Gasteiger partial charge in [-0.25, -0.2) is 0 Å². The topological polar surface area (TPSA) is 29.3 Å². The van der Waals surface area contributed by atoms with E-state index < -0.39 is 0 Å². The molecule has 2 rings (SSSR count). The molecule has 2 nitrogen and oxygen atoms in total. The fraction of sp³-hybridized carbons (Fsp3) is 0.500. The molecule has 88 valence electrons. The maximum atomic E-state index is 6.21. The summed E-state index contributed by atoms with van der Waals surface area (Å²) in [6, 6.07) is 6.59. The van der Waals surface area contributed by atoms with Crippen molar-refractivity contribution >= 4 is 27.5 Å². The van der Waals surface area contributed by atoms with Crippen molar-refractivity contribution in [1.29, 1.82) is 0 Å². The molecule has 1 saturated heterocycles. The number of halogens is 2. The molecule has 0 spiro atoms. The summed E-state index contributed by atoms with van der Waals surface area (Å²) < 4.78 is 1.03. The summed E-state index contributed by atoms with van der Waals surface area (Å²) in [5, 5.41) is 0.831. The molecule has 0 amide bonds. The molecular weight excluding hydrogens is 288 g/mol. The molecule has 1 fully saturated rings. The lowest BCUT2D eigenvalue weighted by molar-refractivity contribution is 0.250. The van der Waals surface area contributed by atoms with Gasteiger partial charge in [-0.1, -0.05) is 33.6 Å². The van der Waals surface area contributed by atoms with Gasteiger partial charge in [0.2, 0.25) is 0 Å². The number of nitrogens with zero attached hydrogens (tertiary/aromatic N) is 1. The number of nitrogens with two attached hydrogens (primary N) is 1. The van der Waals surface area contributed by atoms with Gasteiger partial charge in [0.15, 0.2) is 0 Å². The summed E-state index contributed by atoms with van der Waals surface area (Å²) in [5.41, 5.74) is 6.94. The van der Waals surface area contributed by atoms with Gasteiger partial charge < -0.3 is 5.73 Å². The third-order valence-electron chi connectivity index (χ3n) is 3.16. The van der Waals surface area contributed by atoms with E-state index in [1.807, 2.05) is 12.1 Å². The van der Waals surface area contributed by atoms with Crippen molar-refractivity contribution < 1.29 is 0 Å². The van der Waals surface area contributed by atoms with Crippen LogP contribution in [0.5, 0.6) is 0 Å². The lowest BCUT2D eigenvalue weighted by Crippen LogP contribution is -2.34. The van der Waals surface area contributed by atoms with Crippen LogP contribution in [0.3, 0.4) is 0 Å². The van der Waals surface area contributed by atoms with Crippen molar-refractivity contribution in [2.24, 2.45) is 5.73 Å². The molecule has 0 aromatic heterocycles. The zero-order chi connectivity index (χ0) is 11.5. The summed E-state index contributed by atoms with van der Waals surface area (Å²) in [6.45, 7) is 2.79. The summed E-state index contributed by atoms with van der Waals surface area (Å²) in [6.07, 6.45) is 2.46. The molecular formula is C12H16BrClN2. The SMILES string of the molecule is NCC1CCCN1Cc1ccc(Br)cc1Cl. The van der Waals surface area contributed by atoms with Crippen LogP contribution in [0.25, 0.3) is 0 Å².